The zero-order valence-electron chi connectivity index (χ0n) is 13.5. The largest absolute Gasteiger partial charge is 0.397 e. The molecule has 4 rings (SSSR count). The number of ketones is 1. The molecule has 1 aliphatic carbocycles. The minimum absolute atomic E-state index is 0.0620. The quantitative estimate of drug-likeness (QED) is 0.639. The predicted octanol–water partition coefficient (Wildman–Crippen LogP) is 5.35. The highest BCUT2D eigenvalue weighted by Gasteiger charge is 2.34. The normalized spacial score (nSPS) is 16.4. The van der Waals surface area contributed by atoms with Crippen LogP contribution in [0.4, 0.5) is 5.69 Å². The van der Waals surface area contributed by atoms with Gasteiger partial charge in [-0.25, -0.2) is 4.98 Å². The van der Waals surface area contributed by atoms with Crippen LogP contribution in [0.15, 0.2) is 29.6 Å². The Labute approximate surface area is 149 Å². The van der Waals surface area contributed by atoms with E-state index in [4.69, 9.17) is 22.3 Å². The number of carbonyl (C=O) groups is 1. The summed E-state index contributed by atoms with van der Waals surface area (Å²) in [7, 11) is 0. The lowest BCUT2D eigenvalue weighted by atomic mass is 9.75. The van der Waals surface area contributed by atoms with Crippen LogP contribution in [0.2, 0.25) is 5.02 Å². The van der Waals surface area contributed by atoms with Crippen molar-refractivity contribution in [3.63, 3.8) is 0 Å². The number of halogens is 1. The second kappa shape index (κ2) is 5.30. The number of rotatable bonds is 1. The highest BCUT2D eigenvalue weighted by atomic mass is 35.5. The molecule has 3 nitrogen and oxygen atoms in total. The minimum atomic E-state index is -0.0620. The van der Waals surface area contributed by atoms with Crippen molar-refractivity contribution >= 4 is 44.6 Å². The van der Waals surface area contributed by atoms with E-state index in [0.717, 1.165) is 33.5 Å². The number of anilines is 1. The van der Waals surface area contributed by atoms with Gasteiger partial charge in [-0.05, 0) is 29.5 Å². The second-order valence-corrected chi connectivity index (χ2v) is 8.42. The Hall–Kier alpha value is -1.91. The smallest absolute Gasteiger partial charge is 0.167 e. The third-order valence-corrected chi connectivity index (χ3v) is 5.68. The number of nitrogens with two attached hydrogens (primary N) is 1. The van der Waals surface area contributed by atoms with Gasteiger partial charge in [-0.15, -0.1) is 11.3 Å². The molecule has 2 heterocycles. The Bertz CT molecular complexity index is 973. The molecular weight excluding hydrogens is 340 g/mol. The number of fused-ring (bicyclic) bond motifs is 2. The van der Waals surface area contributed by atoms with Crippen molar-refractivity contribution in [2.24, 2.45) is 5.41 Å². The van der Waals surface area contributed by atoms with E-state index in [1.54, 1.807) is 11.3 Å². The average Bonchev–Trinajstić information content (AvgIpc) is 2.90. The van der Waals surface area contributed by atoms with Gasteiger partial charge in [-0.2, -0.15) is 0 Å². The maximum Gasteiger partial charge on any atom is 0.167 e. The van der Waals surface area contributed by atoms with Gasteiger partial charge in [0.1, 0.15) is 4.83 Å². The molecule has 24 heavy (non-hydrogen) atoms. The van der Waals surface area contributed by atoms with E-state index < -0.39 is 0 Å². The Balaban J connectivity index is 1.97. The van der Waals surface area contributed by atoms with Crippen molar-refractivity contribution in [1.82, 2.24) is 4.98 Å². The predicted molar refractivity (Wildman–Crippen MR) is 101 cm³/mol. The Kier molecular flexibility index (Phi) is 3.44. The first-order valence-corrected chi connectivity index (χ1v) is 9.10. The molecule has 0 aliphatic heterocycles. The number of nitrogens with zero attached hydrogens (tertiary/aromatic N) is 1. The van der Waals surface area contributed by atoms with E-state index >= 15 is 0 Å². The summed E-state index contributed by atoms with van der Waals surface area (Å²) in [4.78, 5) is 18.3. The summed E-state index contributed by atoms with van der Waals surface area (Å²) in [5.74, 6) is 0.0985. The van der Waals surface area contributed by atoms with Crippen molar-refractivity contribution < 1.29 is 4.79 Å². The zero-order chi connectivity index (χ0) is 17.1. The summed E-state index contributed by atoms with van der Waals surface area (Å²) in [5.41, 5.74) is 10.5. The van der Waals surface area contributed by atoms with Crippen molar-refractivity contribution in [3.05, 3.63) is 45.9 Å². The Morgan fingerprint density at radius 2 is 1.92 bits per heavy atom. The highest BCUT2D eigenvalue weighted by molar-refractivity contribution is 7.17. The van der Waals surface area contributed by atoms with Gasteiger partial charge in [-0.1, -0.05) is 37.6 Å². The van der Waals surface area contributed by atoms with Gasteiger partial charge in [0, 0.05) is 27.8 Å². The SMILES string of the molecule is CC1(C)CC(=O)c2c(nc3scc(-c4ccc(Cl)cc4)c3c2N)C1. The first-order chi connectivity index (χ1) is 11.4. The molecule has 0 unspecified atom stereocenters. The van der Waals surface area contributed by atoms with Crippen LogP contribution in [0, 0.1) is 5.41 Å². The molecule has 1 aliphatic rings. The summed E-state index contributed by atoms with van der Waals surface area (Å²) in [6.07, 6.45) is 1.29. The minimum Gasteiger partial charge on any atom is -0.397 e. The molecule has 0 saturated carbocycles. The van der Waals surface area contributed by atoms with Crippen LogP contribution < -0.4 is 5.73 Å². The van der Waals surface area contributed by atoms with Crippen LogP contribution in [0.3, 0.4) is 0 Å². The monoisotopic (exact) mass is 356 g/mol. The van der Waals surface area contributed by atoms with Gasteiger partial charge >= 0.3 is 0 Å². The molecule has 0 bridgehead atoms. The summed E-state index contributed by atoms with van der Waals surface area (Å²) in [6, 6.07) is 7.65. The van der Waals surface area contributed by atoms with Gasteiger partial charge in [0.05, 0.1) is 16.9 Å². The van der Waals surface area contributed by atoms with E-state index in [1.807, 2.05) is 24.3 Å². The molecule has 2 N–H and O–H groups in total. The van der Waals surface area contributed by atoms with Crippen molar-refractivity contribution in [1.29, 1.82) is 0 Å². The van der Waals surface area contributed by atoms with Crippen LogP contribution in [0.5, 0.6) is 0 Å². The van der Waals surface area contributed by atoms with Crippen molar-refractivity contribution in [3.8, 4) is 11.1 Å². The lowest BCUT2D eigenvalue weighted by molar-refractivity contribution is 0.0912. The number of thiophene rings is 1. The molecule has 1 aromatic carbocycles. The molecule has 0 saturated heterocycles. The number of hydrogen-bond acceptors (Lipinski definition) is 4. The Morgan fingerprint density at radius 1 is 1.21 bits per heavy atom. The molecule has 2 aromatic heterocycles. The fraction of sp³-hybridized carbons (Fsp3) is 0.263. The van der Waals surface area contributed by atoms with Gasteiger partial charge in [0.2, 0.25) is 0 Å². The molecular formula is C19H17ClN2OS. The van der Waals surface area contributed by atoms with E-state index in [0.29, 0.717) is 22.7 Å². The van der Waals surface area contributed by atoms with Crippen molar-refractivity contribution in [2.45, 2.75) is 26.7 Å². The lowest BCUT2D eigenvalue weighted by Gasteiger charge is -2.30. The van der Waals surface area contributed by atoms with Crippen LogP contribution in [0.25, 0.3) is 21.3 Å². The lowest BCUT2D eigenvalue weighted by Crippen LogP contribution is -2.28. The van der Waals surface area contributed by atoms with Gasteiger partial charge in [-0.3, -0.25) is 4.79 Å². The first-order valence-electron chi connectivity index (χ1n) is 7.84. The fourth-order valence-corrected chi connectivity index (χ4v) is 4.58. The molecule has 0 radical (unpaired) electrons. The van der Waals surface area contributed by atoms with E-state index in [-0.39, 0.29) is 11.2 Å². The summed E-state index contributed by atoms with van der Waals surface area (Å²) < 4.78 is 0. The number of carbonyl (C=O) groups excluding carboxylic acids is 1. The van der Waals surface area contributed by atoms with E-state index in [9.17, 15) is 4.79 Å². The van der Waals surface area contributed by atoms with Crippen LogP contribution in [0.1, 0.15) is 36.3 Å². The highest BCUT2D eigenvalue weighted by Crippen LogP contribution is 2.43. The third-order valence-electron chi connectivity index (χ3n) is 4.55. The number of nitrogen functional groups attached to an aromatic ring is 1. The van der Waals surface area contributed by atoms with Crippen LogP contribution in [-0.4, -0.2) is 10.8 Å². The number of benzene rings is 1. The zero-order valence-corrected chi connectivity index (χ0v) is 15.1. The maximum atomic E-state index is 12.6. The van der Waals surface area contributed by atoms with Crippen molar-refractivity contribution in [2.75, 3.05) is 5.73 Å². The molecule has 0 atom stereocenters. The summed E-state index contributed by atoms with van der Waals surface area (Å²) in [6.45, 7) is 4.20. The summed E-state index contributed by atoms with van der Waals surface area (Å²) in [5, 5.41) is 3.63. The standard InChI is InChI=1S/C19H17ClN2OS/c1-19(2)7-13-16(14(23)8-19)17(21)15-12(9-24-18(15)22-13)10-3-5-11(20)6-4-10/h3-6,9H,7-8H2,1-2H3,(H2,21,22). The maximum absolute atomic E-state index is 12.6. The molecule has 0 amide bonds. The van der Waals surface area contributed by atoms with Gasteiger partial charge in [0.25, 0.3) is 0 Å². The third kappa shape index (κ3) is 2.41. The number of aromatic nitrogens is 1. The average molecular weight is 357 g/mol. The fourth-order valence-electron chi connectivity index (χ4n) is 3.47. The molecule has 122 valence electrons. The summed E-state index contributed by atoms with van der Waals surface area (Å²) >= 11 is 7.55. The molecule has 0 spiro atoms. The number of pyridine rings is 1. The van der Waals surface area contributed by atoms with E-state index in [2.05, 4.69) is 19.2 Å². The Morgan fingerprint density at radius 3 is 2.62 bits per heavy atom. The number of hydrogen-bond donors (Lipinski definition) is 1. The topological polar surface area (TPSA) is 56.0 Å². The van der Waals surface area contributed by atoms with Gasteiger partial charge in [0.15, 0.2) is 5.78 Å². The second-order valence-electron chi connectivity index (χ2n) is 7.12. The number of Topliss-reactive ketones (excluding diaryl/α,β-unsaturated/α-hetero) is 1. The van der Waals surface area contributed by atoms with E-state index in [1.165, 1.54) is 0 Å². The van der Waals surface area contributed by atoms with Crippen LogP contribution >= 0.6 is 22.9 Å². The molecule has 3 aromatic rings. The van der Waals surface area contributed by atoms with Crippen LogP contribution in [-0.2, 0) is 6.42 Å². The molecule has 0 fully saturated rings. The first kappa shape index (κ1) is 15.6. The van der Waals surface area contributed by atoms with Gasteiger partial charge < -0.3 is 5.73 Å². The molecule has 5 heteroatoms.